The van der Waals surface area contributed by atoms with E-state index in [0.717, 1.165) is 30.5 Å². The van der Waals surface area contributed by atoms with Crippen LogP contribution in [0.5, 0.6) is 0 Å². The Morgan fingerprint density at radius 3 is 2.70 bits per heavy atom. The molecule has 20 heavy (non-hydrogen) atoms. The molecular weight excluding hydrogens is 289 g/mol. The maximum atomic E-state index is 12.5. The summed E-state index contributed by atoms with van der Waals surface area (Å²) < 4.78 is 36.2. The molecule has 0 radical (unpaired) electrons. The summed E-state index contributed by atoms with van der Waals surface area (Å²) in [6.45, 7) is 1.34. The summed E-state index contributed by atoms with van der Waals surface area (Å²) in [4.78, 5) is 16.3. The molecule has 112 valence electrons. The van der Waals surface area contributed by atoms with Crippen molar-refractivity contribution in [3.05, 3.63) is 0 Å². The van der Waals surface area contributed by atoms with E-state index in [1.54, 1.807) is 0 Å². The minimum atomic E-state index is -4.35. The van der Waals surface area contributed by atoms with Crippen LogP contribution in [0.15, 0.2) is 4.99 Å². The van der Waals surface area contributed by atoms with E-state index in [-0.39, 0.29) is 6.04 Å². The van der Waals surface area contributed by atoms with E-state index in [9.17, 15) is 18.0 Å². The number of amides is 1. The molecule has 2 bridgehead atoms. The minimum absolute atomic E-state index is 0.185. The number of rotatable bonds is 2. The van der Waals surface area contributed by atoms with Gasteiger partial charge in [0.2, 0.25) is 5.91 Å². The molecule has 2 saturated carbocycles. The van der Waals surface area contributed by atoms with Crippen LogP contribution in [0, 0.1) is 11.8 Å². The molecule has 2 unspecified atom stereocenters. The van der Waals surface area contributed by atoms with Crippen molar-refractivity contribution in [3.63, 3.8) is 0 Å². The second kappa shape index (κ2) is 4.64. The number of aliphatic imine (C=N–C) groups is 1. The zero-order valence-corrected chi connectivity index (χ0v) is 12.0. The van der Waals surface area contributed by atoms with Crippen molar-refractivity contribution in [1.82, 2.24) is 5.32 Å². The second-order valence-corrected chi connectivity index (χ2v) is 7.75. The van der Waals surface area contributed by atoms with Crippen LogP contribution in [0.1, 0.15) is 39.0 Å². The van der Waals surface area contributed by atoms with E-state index < -0.39 is 23.3 Å². The van der Waals surface area contributed by atoms with Crippen LogP contribution < -0.4 is 5.32 Å². The number of carbonyl (C=O) groups is 1. The molecule has 0 aromatic carbocycles. The van der Waals surface area contributed by atoms with Gasteiger partial charge in [-0.05, 0) is 38.0 Å². The number of halogens is 3. The van der Waals surface area contributed by atoms with Gasteiger partial charge in [-0.3, -0.25) is 9.79 Å². The zero-order chi connectivity index (χ0) is 14.5. The van der Waals surface area contributed by atoms with Gasteiger partial charge in [0.25, 0.3) is 0 Å². The van der Waals surface area contributed by atoms with Crippen LogP contribution in [0.2, 0.25) is 0 Å². The number of thioether (sulfide) groups is 1. The van der Waals surface area contributed by atoms with E-state index in [1.165, 1.54) is 19.8 Å². The monoisotopic (exact) mass is 306 g/mol. The molecule has 3 aliphatic rings. The summed E-state index contributed by atoms with van der Waals surface area (Å²) >= 11 is 0.932. The minimum Gasteiger partial charge on any atom is -0.304 e. The highest BCUT2D eigenvalue weighted by Gasteiger charge is 2.50. The van der Waals surface area contributed by atoms with Gasteiger partial charge in [-0.25, -0.2) is 0 Å². The molecule has 0 aromatic rings. The predicted molar refractivity (Wildman–Crippen MR) is 71.5 cm³/mol. The highest BCUT2D eigenvalue weighted by Crippen LogP contribution is 2.47. The molecule has 1 saturated heterocycles. The van der Waals surface area contributed by atoms with Gasteiger partial charge in [0, 0.05) is 0 Å². The van der Waals surface area contributed by atoms with Crippen LogP contribution in [-0.2, 0) is 4.79 Å². The van der Waals surface area contributed by atoms with Gasteiger partial charge in [0.05, 0.1) is 12.5 Å². The first kappa shape index (κ1) is 14.2. The van der Waals surface area contributed by atoms with Gasteiger partial charge in [0.1, 0.15) is 4.75 Å². The number of alkyl halides is 3. The highest BCUT2D eigenvalue weighted by atomic mass is 32.2. The van der Waals surface area contributed by atoms with Crippen molar-refractivity contribution >= 4 is 22.8 Å². The SMILES string of the molecule is C[C@@]1(CC(F)(F)F)SC(=NC2CC3CC[C@@H]2C3)NC1=O. The fraction of sp³-hybridized carbons (Fsp3) is 0.846. The molecule has 0 spiro atoms. The van der Waals surface area contributed by atoms with E-state index in [2.05, 4.69) is 10.3 Å². The third kappa shape index (κ3) is 2.69. The Kier molecular flexibility index (Phi) is 3.30. The van der Waals surface area contributed by atoms with E-state index >= 15 is 0 Å². The maximum Gasteiger partial charge on any atom is 0.390 e. The first-order chi connectivity index (χ1) is 9.25. The first-order valence-electron chi connectivity index (χ1n) is 6.90. The Balaban J connectivity index is 1.70. The van der Waals surface area contributed by atoms with Gasteiger partial charge in [0.15, 0.2) is 5.17 Å². The summed E-state index contributed by atoms with van der Waals surface area (Å²) in [5, 5.41) is 2.90. The van der Waals surface area contributed by atoms with E-state index in [1.807, 2.05) is 0 Å². The smallest absolute Gasteiger partial charge is 0.304 e. The second-order valence-electron chi connectivity index (χ2n) is 6.26. The number of nitrogens with one attached hydrogen (secondary N) is 1. The van der Waals surface area contributed by atoms with Crippen LogP contribution in [-0.4, -0.2) is 28.0 Å². The third-order valence-electron chi connectivity index (χ3n) is 4.54. The standard InChI is InChI=1S/C13H17F3N2OS/c1-12(6-13(14,15)16)10(19)18-11(20-12)17-9-5-7-2-3-8(9)4-7/h7-9H,2-6H2,1H3,(H,17,18,19)/t7?,8-,9?,12+/m1/s1. The average molecular weight is 306 g/mol. The Morgan fingerprint density at radius 1 is 1.40 bits per heavy atom. The molecule has 3 fully saturated rings. The van der Waals surface area contributed by atoms with Gasteiger partial charge in [-0.2, -0.15) is 13.2 Å². The Labute approximate surface area is 119 Å². The number of amidine groups is 1. The number of carbonyl (C=O) groups excluding carboxylic acids is 1. The van der Waals surface area contributed by atoms with Gasteiger partial charge in [-0.15, -0.1) is 0 Å². The quantitative estimate of drug-likeness (QED) is 0.851. The lowest BCUT2D eigenvalue weighted by Gasteiger charge is -2.20. The predicted octanol–water partition coefficient (Wildman–Crippen LogP) is 3.11. The van der Waals surface area contributed by atoms with Crippen LogP contribution in [0.3, 0.4) is 0 Å². The lowest BCUT2D eigenvalue weighted by atomic mass is 9.96. The third-order valence-corrected chi connectivity index (χ3v) is 5.73. The molecule has 1 aliphatic heterocycles. The molecule has 3 rings (SSSR count). The van der Waals surface area contributed by atoms with Crippen molar-refractivity contribution in [2.24, 2.45) is 16.8 Å². The topological polar surface area (TPSA) is 41.5 Å². The maximum absolute atomic E-state index is 12.5. The van der Waals surface area contributed by atoms with E-state index in [4.69, 9.17) is 0 Å². The van der Waals surface area contributed by atoms with Gasteiger partial charge >= 0.3 is 6.18 Å². The average Bonchev–Trinajstić information content (AvgIpc) is 2.92. The van der Waals surface area contributed by atoms with Crippen molar-refractivity contribution in [2.45, 2.75) is 56.0 Å². The Bertz CT molecular complexity index is 465. The molecule has 1 amide bonds. The van der Waals surface area contributed by atoms with Crippen LogP contribution in [0.4, 0.5) is 13.2 Å². The number of hydrogen-bond acceptors (Lipinski definition) is 3. The molecule has 1 N–H and O–H groups in total. The molecule has 3 nitrogen and oxygen atoms in total. The lowest BCUT2D eigenvalue weighted by Crippen LogP contribution is -2.37. The Hall–Kier alpha value is -0.720. The largest absolute Gasteiger partial charge is 0.390 e. The summed E-state index contributed by atoms with van der Waals surface area (Å²) in [7, 11) is 0. The lowest BCUT2D eigenvalue weighted by molar-refractivity contribution is -0.148. The van der Waals surface area contributed by atoms with Crippen LogP contribution in [0.25, 0.3) is 0 Å². The summed E-state index contributed by atoms with van der Waals surface area (Å²) in [6, 6.07) is 0.185. The van der Waals surface area contributed by atoms with Crippen molar-refractivity contribution in [3.8, 4) is 0 Å². The van der Waals surface area contributed by atoms with E-state index in [0.29, 0.717) is 11.1 Å². The van der Waals surface area contributed by atoms with Gasteiger partial charge in [-0.1, -0.05) is 18.2 Å². The van der Waals surface area contributed by atoms with Crippen LogP contribution >= 0.6 is 11.8 Å². The van der Waals surface area contributed by atoms with Crippen molar-refractivity contribution in [2.75, 3.05) is 0 Å². The molecular formula is C13H17F3N2OS. The zero-order valence-electron chi connectivity index (χ0n) is 11.2. The number of fused-ring (bicyclic) bond motifs is 2. The Morgan fingerprint density at radius 2 is 2.15 bits per heavy atom. The normalized spacial score (nSPS) is 42.5. The molecule has 2 aliphatic carbocycles. The highest BCUT2D eigenvalue weighted by molar-refractivity contribution is 8.16. The molecule has 0 aromatic heterocycles. The van der Waals surface area contributed by atoms with Crippen molar-refractivity contribution < 1.29 is 18.0 Å². The first-order valence-corrected chi connectivity index (χ1v) is 7.72. The summed E-state index contributed by atoms with van der Waals surface area (Å²) in [5.41, 5.74) is 0. The fourth-order valence-corrected chi connectivity index (χ4v) is 4.73. The summed E-state index contributed by atoms with van der Waals surface area (Å²) in [5.74, 6) is 0.694. The fourth-order valence-electron chi connectivity index (χ4n) is 3.59. The number of hydrogen-bond donors (Lipinski definition) is 1. The summed E-state index contributed by atoms with van der Waals surface area (Å²) in [6.07, 6.45) is -0.866. The molecule has 1 heterocycles. The van der Waals surface area contributed by atoms with Gasteiger partial charge < -0.3 is 5.32 Å². The number of nitrogens with zero attached hydrogens (tertiary/aromatic N) is 1. The molecule has 4 atom stereocenters. The van der Waals surface area contributed by atoms with Crippen molar-refractivity contribution in [1.29, 1.82) is 0 Å². The molecule has 7 heteroatoms.